The van der Waals surface area contributed by atoms with Crippen molar-refractivity contribution in [1.82, 2.24) is 4.90 Å². The van der Waals surface area contributed by atoms with E-state index in [1.54, 1.807) is 11.9 Å². The maximum atomic E-state index is 12.9. The van der Waals surface area contributed by atoms with Crippen molar-refractivity contribution in [2.45, 2.75) is 26.3 Å². The van der Waals surface area contributed by atoms with Gasteiger partial charge in [0.05, 0.1) is 0 Å². The number of aryl methyl sites for hydroxylation is 2. The summed E-state index contributed by atoms with van der Waals surface area (Å²) >= 11 is 0. The first-order valence-corrected chi connectivity index (χ1v) is 10.0. The zero-order valence-electron chi connectivity index (χ0n) is 17.7. The molecule has 30 heavy (non-hydrogen) atoms. The highest BCUT2D eigenvalue weighted by atomic mass is 16.5. The summed E-state index contributed by atoms with van der Waals surface area (Å²) in [5.74, 6) is -1.23. The average Bonchev–Trinajstić information content (AvgIpc) is 2.75. The van der Waals surface area contributed by atoms with Crippen molar-refractivity contribution in [3.63, 3.8) is 0 Å². The maximum Gasteiger partial charge on any atom is 0.318 e. The summed E-state index contributed by atoms with van der Waals surface area (Å²) in [5, 5.41) is 0. The van der Waals surface area contributed by atoms with Crippen LogP contribution in [-0.2, 0) is 20.9 Å². The van der Waals surface area contributed by atoms with Gasteiger partial charge in [-0.15, -0.1) is 0 Å². The summed E-state index contributed by atoms with van der Waals surface area (Å²) in [6.07, 6.45) is 0. The summed E-state index contributed by atoms with van der Waals surface area (Å²) in [5.41, 5.74) is 5.08. The molecule has 0 N–H and O–H groups in total. The van der Waals surface area contributed by atoms with Crippen LogP contribution in [0.25, 0.3) is 0 Å². The third kappa shape index (κ3) is 5.35. The van der Waals surface area contributed by atoms with E-state index in [2.05, 4.69) is 6.07 Å². The summed E-state index contributed by atoms with van der Waals surface area (Å²) < 4.78 is 5.45. The molecular formula is C26H27NO3. The molecule has 4 heteroatoms. The van der Waals surface area contributed by atoms with Crippen molar-refractivity contribution in [2.75, 3.05) is 13.7 Å². The highest BCUT2D eigenvalue weighted by molar-refractivity contribution is 5.85. The molecule has 0 aliphatic heterocycles. The fourth-order valence-corrected chi connectivity index (χ4v) is 3.45. The molecule has 3 rings (SSSR count). The molecule has 3 aromatic rings. The molecule has 0 heterocycles. The molecule has 0 spiro atoms. The Morgan fingerprint density at radius 3 is 1.97 bits per heavy atom. The van der Waals surface area contributed by atoms with Gasteiger partial charge in [0.15, 0.2) is 6.61 Å². The van der Waals surface area contributed by atoms with Crippen LogP contribution in [0.15, 0.2) is 78.9 Å². The average molecular weight is 402 g/mol. The van der Waals surface area contributed by atoms with Crippen LogP contribution in [0.5, 0.6) is 0 Å². The van der Waals surface area contributed by atoms with E-state index in [4.69, 9.17) is 4.74 Å². The van der Waals surface area contributed by atoms with Crippen LogP contribution in [0.2, 0.25) is 0 Å². The van der Waals surface area contributed by atoms with Gasteiger partial charge < -0.3 is 9.64 Å². The van der Waals surface area contributed by atoms with E-state index >= 15 is 0 Å². The van der Waals surface area contributed by atoms with E-state index in [-0.39, 0.29) is 12.5 Å². The first-order chi connectivity index (χ1) is 14.5. The van der Waals surface area contributed by atoms with Crippen molar-refractivity contribution in [1.29, 1.82) is 0 Å². The third-order valence-corrected chi connectivity index (χ3v) is 5.17. The zero-order chi connectivity index (χ0) is 21.5. The number of ether oxygens (including phenoxy) is 1. The van der Waals surface area contributed by atoms with Gasteiger partial charge in [-0.3, -0.25) is 9.59 Å². The lowest BCUT2D eigenvalue weighted by Crippen LogP contribution is -2.32. The Balaban J connectivity index is 1.66. The van der Waals surface area contributed by atoms with Crippen molar-refractivity contribution < 1.29 is 14.3 Å². The molecule has 1 amide bonds. The molecule has 0 aliphatic carbocycles. The van der Waals surface area contributed by atoms with Gasteiger partial charge in [0.1, 0.15) is 5.92 Å². The number of rotatable bonds is 7. The lowest BCUT2D eigenvalue weighted by molar-refractivity contribution is -0.152. The molecule has 0 unspecified atom stereocenters. The van der Waals surface area contributed by atoms with E-state index in [1.807, 2.05) is 86.6 Å². The largest absolute Gasteiger partial charge is 0.455 e. The van der Waals surface area contributed by atoms with Crippen LogP contribution in [0.4, 0.5) is 0 Å². The summed E-state index contributed by atoms with van der Waals surface area (Å²) in [6.45, 7) is 4.27. The van der Waals surface area contributed by atoms with Crippen molar-refractivity contribution in [3.05, 3.63) is 107 Å². The molecule has 0 saturated carbocycles. The lowest BCUT2D eigenvalue weighted by atomic mass is 9.91. The molecule has 0 atom stereocenters. The molecule has 3 aromatic carbocycles. The van der Waals surface area contributed by atoms with Gasteiger partial charge in [-0.05, 0) is 36.1 Å². The minimum atomic E-state index is -0.565. The topological polar surface area (TPSA) is 46.6 Å². The van der Waals surface area contributed by atoms with Crippen molar-refractivity contribution in [3.8, 4) is 0 Å². The van der Waals surface area contributed by atoms with Gasteiger partial charge in [-0.25, -0.2) is 0 Å². The molecule has 0 bridgehead atoms. The molecule has 4 nitrogen and oxygen atoms in total. The first-order valence-electron chi connectivity index (χ1n) is 10.0. The minimum absolute atomic E-state index is 0.233. The number of amides is 1. The number of hydrogen-bond acceptors (Lipinski definition) is 3. The van der Waals surface area contributed by atoms with Crippen LogP contribution in [0.3, 0.4) is 0 Å². The predicted octanol–water partition coefficient (Wildman–Crippen LogP) is 4.64. The van der Waals surface area contributed by atoms with Gasteiger partial charge in [-0.1, -0.05) is 84.4 Å². The van der Waals surface area contributed by atoms with Crippen LogP contribution >= 0.6 is 0 Å². The molecule has 0 radical (unpaired) electrons. The number of likely N-dealkylation sites (N-methyl/N-ethyl adjacent to an activating group) is 1. The molecule has 0 aliphatic rings. The minimum Gasteiger partial charge on any atom is -0.455 e. The Hall–Kier alpha value is -3.40. The SMILES string of the molecule is Cc1ccc(CN(C)C(=O)COC(=O)C(c2ccccc2)c2ccccc2)c(C)c1. The number of carbonyl (C=O) groups excluding carboxylic acids is 2. The predicted molar refractivity (Wildman–Crippen MR) is 118 cm³/mol. The fourth-order valence-electron chi connectivity index (χ4n) is 3.45. The van der Waals surface area contributed by atoms with Gasteiger partial charge >= 0.3 is 5.97 Å². The van der Waals surface area contributed by atoms with Gasteiger partial charge in [-0.2, -0.15) is 0 Å². The van der Waals surface area contributed by atoms with E-state index in [1.165, 1.54) is 5.56 Å². The van der Waals surface area contributed by atoms with E-state index in [0.29, 0.717) is 6.54 Å². The number of esters is 1. The van der Waals surface area contributed by atoms with Crippen LogP contribution in [0, 0.1) is 13.8 Å². The van der Waals surface area contributed by atoms with E-state index < -0.39 is 11.9 Å². The second-order valence-corrected chi connectivity index (χ2v) is 7.54. The van der Waals surface area contributed by atoms with Gasteiger partial charge in [0.25, 0.3) is 5.91 Å². The zero-order valence-corrected chi connectivity index (χ0v) is 17.7. The number of benzene rings is 3. The van der Waals surface area contributed by atoms with Gasteiger partial charge in [0.2, 0.25) is 0 Å². The monoisotopic (exact) mass is 401 g/mol. The molecule has 154 valence electrons. The third-order valence-electron chi connectivity index (χ3n) is 5.17. The standard InChI is InChI=1S/C26H27NO3/c1-19-14-15-23(20(2)16-19)17-27(3)24(28)18-30-26(29)25(21-10-6-4-7-11-21)22-12-8-5-9-13-22/h4-16,25H,17-18H2,1-3H3. The van der Waals surface area contributed by atoms with E-state index in [0.717, 1.165) is 22.3 Å². The highest BCUT2D eigenvalue weighted by Gasteiger charge is 2.25. The highest BCUT2D eigenvalue weighted by Crippen LogP contribution is 2.26. The Morgan fingerprint density at radius 2 is 1.43 bits per heavy atom. The summed E-state index contributed by atoms with van der Waals surface area (Å²) in [7, 11) is 1.72. The first kappa shape index (κ1) is 21.3. The number of nitrogens with zero attached hydrogens (tertiary/aromatic N) is 1. The number of carbonyl (C=O) groups is 2. The summed E-state index contributed by atoms with van der Waals surface area (Å²) in [6, 6.07) is 25.1. The van der Waals surface area contributed by atoms with Crippen LogP contribution in [-0.4, -0.2) is 30.4 Å². The smallest absolute Gasteiger partial charge is 0.318 e. The summed E-state index contributed by atoms with van der Waals surface area (Å²) in [4.78, 5) is 27.1. The normalized spacial score (nSPS) is 10.7. The van der Waals surface area contributed by atoms with Crippen LogP contribution in [0.1, 0.15) is 33.7 Å². The van der Waals surface area contributed by atoms with Crippen LogP contribution < -0.4 is 0 Å². The quantitative estimate of drug-likeness (QED) is 0.542. The maximum absolute atomic E-state index is 12.9. The van der Waals surface area contributed by atoms with Crippen molar-refractivity contribution in [2.24, 2.45) is 0 Å². The molecule has 0 fully saturated rings. The van der Waals surface area contributed by atoms with Gasteiger partial charge in [0, 0.05) is 13.6 Å². The molecule has 0 aromatic heterocycles. The Labute approximate surface area is 178 Å². The number of hydrogen-bond donors (Lipinski definition) is 0. The van der Waals surface area contributed by atoms with Crippen molar-refractivity contribution >= 4 is 11.9 Å². The Kier molecular flexibility index (Phi) is 7.02. The van der Waals surface area contributed by atoms with E-state index in [9.17, 15) is 9.59 Å². The lowest BCUT2D eigenvalue weighted by Gasteiger charge is -2.20. The molecular weight excluding hydrogens is 374 g/mol. The second kappa shape index (κ2) is 9.88. The Bertz CT molecular complexity index is 960. The molecule has 0 saturated heterocycles. The Morgan fingerprint density at radius 1 is 0.867 bits per heavy atom. The second-order valence-electron chi connectivity index (χ2n) is 7.54. The fraction of sp³-hybridized carbons (Fsp3) is 0.231.